The van der Waals surface area contributed by atoms with Gasteiger partial charge in [0.2, 0.25) is 10.0 Å². The second kappa shape index (κ2) is 9.02. The van der Waals surface area contributed by atoms with Crippen LogP contribution in [0.15, 0.2) is 53.4 Å². The highest BCUT2D eigenvalue weighted by atomic mass is 32.2. The number of sulfonamides is 1. The molecule has 3 rings (SSSR count). The number of carbonyl (C=O) groups is 1. The first kappa shape index (κ1) is 21.4. The quantitative estimate of drug-likeness (QED) is 0.780. The fourth-order valence-corrected chi connectivity index (χ4v) is 4.72. The molecule has 1 aliphatic heterocycles. The first-order valence-corrected chi connectivity index (χ1v) is 11.0. The molecule has 156 valence electrons. The van der Waals surface area contributed by atoms with E-state index in [2.05, 4.69) is 5.32 Å². The van der Waals surface area contributed by atoms with Gasteiger partial charge in [-0.05, 0) is 41.8 Å². The maximum absolute atomic E-state index is 13.2. The van der Waals surface area contributed by atoms with Crippen LogP contribution < -0.4 is 5.32 Å². The molecule has 2 aromatic carbocycles. The molecular formula is C21H25FN2O4S. The van der Waals surface area contributed by atoms with Crippen molar-refractivity contribution in [2.24, 2.45) is 5.92 Å². The van der Waals surface area contributed by atoms with Gasteiger partial charge in [0.05, 0.1) is 24.2 Å². The molecule has 1 heterocycles. The molecule has 1 amide bonds. The number of rotatable bonds is 6. The van der Waals surface area contributed by atoms with Crippen LogP contribution in [0.2, 0.25) is 0 Å². The molecule has 0 unspecified atom stereocenters. The Morgan fingerprint density at radius 2 is 1.76 bits per heavy atom. The summed E-state index contributed by atoms with van der Waals surface area (Å²) in [5, 5.41) is 2.94. The second-order valence-corrected chi connectivity index (χ2v) is 9.23. The highest BCUT2D eigenvalue weighted by Gasteiger charge is 2.27. The number of hydrogen-bond acceptors (Lipinski definition) is 4. The lowest BCUT2D eigenvalue weighted by Gasteiger charge is -2.26. The largest absolute Gasteiger partial charge is 0.379 e. The summed E-state index contributed by atoms with van der Waals surface area (Å²) in [6, 6.07) is 11.7. The standard InChI is InChI=1S/C21H25FN2O4S/c1-15(2)20(16-6-8-18(22)9-7-16)23-21(25)17-4-3-5-19(14-17)29(26,27)24-10-12-28-13-11-24/h3-9,14-15,20H,10-13H2,1-2H3,(H,23,25)/t20-/m0/s1. The van der Waals surface area contributed by atoms with E-state index in [1.54, 1.807) is 24.3 Å². The lowest BCUT2D eigenvalue weighted by atomic mass is 9.95. The Morgan fingerprint density at radius 3 is 2.38 bits per heavy atom. The van der Waals surface area contributed by atoms with Crippen LogP contribution in [0.25, 0.3) is 0 Å². The molecule has 2 aromatic rings. The summed E-state index contributed by atoms with van der Waals surface area (Å²) in [5.41, 5.74) is 1.04. The summed E-state index contributed by atoms with van der Waals surface area (Å²) in [6.07, 6.45) is 0. The zero-order valence-electron chi connectivity index (χ0n) is 16.5. The number of ether oxygens (including phenoxy) is 1. The topological polar surface area (TPSA) is 75.7 Å². The SMILES string of the molecule is CC(C)[C@H](NC(=O)c1cccc(S(=O)(=O)N2CCOCC2)c1)c1ccc(F)cc1. The van der Waals surface area contributed by atoms with E-state index in [9.17, 15) is 17.6 Å². The third-order valence-corrected chi connectivity index (χ3v) is 6.78. The minimum Gasteiger partial charge on any atom is -0.379 e. The number of morpholine rings is 1. The van der Waals surface area contributed by atoms with Gasteiger partial charge in [-0.3, -0.25) is 4.79 Å². The van der Waals surface area contributed by atoms with Gasteiger partial charge in [0.15, 0.2) is 0 Å². The summed E-state index contributed by atoms with van der Waals surface area (Å²) in [4.78, 5) is 12.9. The van der Waals surface area contributed by atoms with Crippen LogP contribution >= 0.6 is 0 Å². The van der Waals surface area contributed by atoms with Crippen LogP contribution in [0.4, 0.5) is 4.39 Å². The molecule has 29 heavy (non-hydrogen) atoms. The molecule has 1 fully saturated rings. The van der Waals surface area contributed by atoms with E-state index in [1.807, 2.05) is 13.8 Å². The Hall–Kier alpha value is -2.29. The Kier molecular flexibility index (Phi) is 6.66. The highest BCUT2D eigenvalue weighted by Crippen LogP contribution is 2.23. The van der Waals surface area contributed by atoms with Crippen molar-refractivity contribution in [3.8, 4) is 0 Å². The maximum Gasteiger partial charge on any atom is 0.251 e. The van der Waals surface area contributed by atoms with E-state index in [4.69, 9.17) is 4.74 Å². The second-order valence-electron chi connectivity index (χ2n) is 7.29. The van der Waals surface area contributed by atoms with E-state index in [-0.39, 0.29) is 34.1 Å². The zero-order valence-corrected chi connectivity index (χ0v) is 17.3. The maximum atomic E-state index is 13.2. The molecule has 1 saturated heterocycles. The van der Waals surface area contributed by atoms with Gasteiger partial charge in [0, 0.05) is 18.7 Å². The van der Waals surface area contributed by atoms with E-state index < -0.39 is 10.0 Å². The van der Waals surface area contributed by atoms with E-state index in [1.165, 1.54) is 28.6 Å². The predicted octanol–water partition coefficient (Wildman–Crippen LogP) is 2.97. The summed E-state index contributed by atoms with van der Waals surface area (Å²) in [5.74, 6) is -0.666. The van der Waals surface area contributed by atoms with Crippen molar-refractivity contribution in [3.63, 3.8) is 0 Å². The van der Waals surface area contributed by atoms with Gasteiger partial charge < -0.3 is 10.1 Å². The van der Waals surface area contributed by atoms with Crippen molar-refractivity contribution in [3.05, 3.63) is 65.5 Å². The zero-order chi connectivity index (χ0) is 21.0. The molecule has 0 aliphatic carbocycles. The third kappa shape index (κ3) is 5.01. The van der Waals surface area contributed by atoms with Crippen molar-refractivity contribution < 1.29 is 22.3 Å². The van der Waals surface area contributed by atoms with Crippen LogP contribution in [0.1, 0.15) is 35.8 Å². The van der Waals surface area contributed by atoms with Crippen LogP contribution in [-0.2, 0) is 14.8 Å². The number of benzene rings is 2. The number of nitrogens with one attached hydrogen (secondary N) is 1. The molecule has 1 atom stereocenters. The summed E-state index contributed by atoms with van der Waals surface area (Å²) in [7, 11) is -3.69. The molecule has 1 N–H and O–H groups in total. The first-order chi connectivity index (χ1) is 13.8. The van der Waals surface area contributed by atoms with Crippen LogP contribution in [0.3, 0.4) is 0 Å². The van der Waals surface area contributed by atoms with Crippen molar-refractivity contribution in [1.82, 2.24) is 9.62 Å². The fraction of sp³-hybridized carbons (Fsp3) is 0.381. The van der Waals surface area contributed by atoms with Crippen molar-refractivity contribution >= 4 is 15.9 Å². The van der Waals surface area contributed by atoms with Crippen LogP contribution in [0, 0.1) is 11.7 Å². The van der Waals surface area contributed by atoms with E-state index >= 15 is 0 Å². The molecule has 6 nitrogen and oxygen atoms in total. The molecular weight excluding hydrogens is 395 g/mol. The van der Waals surface area contributed by atoms with Crippen LogP contribution in [0.5, 0.6) is 0 Å². The van der Waals surface area contributed by atoms with Crippen molar-refractivity contribution in [2.75, 3.05) is 26.3 Å². The lowest BCUT2D eigenvalue weighted by Crippen LogP contribution is -2.40. The van der Waals surface area contributed by atoms with Crippen molar-refractivity contribution in [2.45, 2.75) is 24.8 Å². The Bertz CT molecular complexity index is 955. The Morgan fingerprint density at radius 1 is 1.10 bits per heavy atom. The Labute approximate surface area is 170 Å². The molecule has 0 aromatic heterocycles. The summed E-state index contributed by atoms with van der Waals surface area (Å²) >= 11 is 0. The number of hydrogen-bond donors (Lipinski definition) is 1. The molecule has 0 radical (unpaired) electrons. The summed E-state index contributed by atoms with van der Waals surface area (Å²) < 4.78 is 45.5. The van der Waals surface area contributed by atoms with Gasteiger partial charge in [-0.2, -0.15) is 4.31 Å². The third-order valence-electron chi connectivity index (χ3n) is 4.89. The molecule has 8 heteroatoms. The molecule has 0 saturated carbocycles. The monoisotopic (exact) mass is 420 g/mol. The number of nitrogens with zero attached hydrogens (tertiary/aromatic N) is 1. The first-order valence-electron chi connectivity index (χ1n) is 9.53. The van der Waals surface area contributed by atoms with Crippen molar-refractivity contribution in [1.29, 1.82) is 0 Å². The number of amides is 1. The van der Waals surface area contributed by atoms with Gasteiger partial charge in [-0.15, -0.1) is 0 Å². The summed E-state index contributed by atoms with van der Waals surface area (Å²) in [6.45, 7) is 5.19. The minimum absolute atomic E-state index is 0.0599. The fourth-order valence-electron chi connectivity index (χ4n) is 3.26. The number of carbonyl (C=O) groups excluding carboxylic acids is 1. The van der Waals surface area contributed by atoms with E-state index in [0.717, 1.165) is 5.56 Å². The lowest BCUT2D eigenvalue weighted by molar-refractivity contribution is 0.0730. The number of halogens is 1. The Balaban J connectivity index is 1.82. The highest BCUT2D eigenvalue weighted by molar-refractivity contribution is 7.89. The normalized spacial score (nSPS) is 16.6. The molecule has 0 spiro atoms. The van der Waals surface area contributed by atoms with Crippen LogP contribution in [-0.4, -0.2) is 44.9 Å². The molecule has 1 aliphatic rings. The minimum atomic E-state index is -3.69. The molecule has 0 bridgehead atoms. The van der Waals surface area contributed by atoms with Gasteiger partial charge in [-0.25, -0.2) is 12.8 Å². The van der Waals surface area contributed by atoms with Gasteiger partial charge >= 0.3 is 0 Å². The smallest absolute Gasteiger partial charge is 0.251 e. The predicted molar refractivity (Wildman–Crippen MR) is 107 cm³/mol. The van der Waals surface area contributed by atoms with E-state index in [0.29, 0.717) is 26.3 Å². The van der Waals surface area contributed by atoms with Gasteiger partial charge in [0.1, 0.15) is 5.82 Å². The van der Waals surface area contributed by atoms with Gasteiger partial charge in [0.25, 0.3) is 5.91 Å². The average Bonchev–Trinajstić information content (AvgIpc) is 2.73. The average molecular weight is 421 g/mol. The van der Waals surface area contributed by atoms with Gasteiger partial charge in [-0.1, -0.05) is 32.0 Å².